The van der Waals surface area contributed by atoms with E-state index in [-0.39, 0.29) is 0 Å². The molecule has 2 aliphatic rings. The zero-order chi connectivity index (χ0) is 23.8. The molecule has 0 bridgehead atoms. The number of hydrogen-bond donors (Lipinski definition) is 0. The summed E-state index contributed by atoms with van der Waals surface area (Å²) in [6.07, 6.45) is 25.2. The minimum Gasteiger partial charge on any atom is -0.494 e. The van der Waals surface area contributed by atoms with E-state index in [0.29, 0.717) is 0 Å². The molecule has 2 heteroatoms. The highest BCUT2D eigenvalue weighted by atomic mass is 16.5. The van der Waals surface area contributed by atoms with E-state index in [1.165, 1.54) is 116 Å². The van der Waals surface area contributed by atoms with E-state index in [2.05, 4.69) is 38.1 Å². The molecule has 2 fully saturated rings. The maximum atomic E-state index is 6.01. The molecular formula is C32H54O2. The van der Waals surface area contributed by atoms with Crippen LogP contribution in [0.3, 0.4) is 0 Å². The fourth-order valence-corrected chi connectivity index (χ4v) is 6.47. The lowest BCUT2D eigenvalue weighted by Gasteiger charge is -2.28. The molecule has 2 saturated carbocycles. The van der Waals surface area contributed by atoms with Crippen LogP contribution in [0.15, 0.2) is 24.3 Å². The van der Waals surface area contributed by atoms with Gasteiger partial charge in [-0.2, -0.15) is 0 Å². The Bertz CT molecular complexity index is 608. The minimum absolute atomic E-state index is 0.843. The van der Waals surface area contributed by atoms with Crippen molar-refractivity contribution in [1.82, 2.24) is 0 Å². The van der Waals surface area contributed by atoms with E-state index in [1.807, 2.05) is 0 Å². The molecule has 0 radical (unpaired) electrons. The third kappa shape index (κ3) is 10.6. The molecule has 0 heterocycles. The van der Waals surface area contributed by atoms with Gasteiger partial charge in [-0.05, 0) is 73.6 Å². The van der Waals surface area contributed by atoms with Crippen molar-refractivity contribution in [3.05, 3.63) is 24.3 Å². The van der Waals surface area contributed by atoms with Gasteiger partial charge < -0.3 is 9.47 Å². The summed E-state index contributed by atoms with van der Waals surface area (Å²) in [5, 5.41) is 0. The van der Waals surface area contributed by atoms with Gasteiger partial charge in [0.15, 0.2) is 0 Å². The van der Waals surface area contributed by atoms with Crippen LogP contribution in [0.2, 0.25) is 0 Å². The molecule has 1 aromatic carbocycles. The molecule has 0 aromatic heterocycles. The van der Waals surface area contributed by atoms with Crippen LogP contribution in [0.5, 0.6) is 11.5 Å². The number of benzene rings is 1. The van der Waals surface area contributed by atoms with Crippen LogP contribution < -0.4 is 9.47 Å². The Morgan fingerprint density at radius 1 is 0.500 bits per heavy atom. The molecule has 0 aliphatic heterocycles. The summed E-state index contributed by atoms with van der Waals surface area (Å²) >= 11 is 0. The van der Waals surface area contributed by atoms with Crippen LogP contribution in [-0.4, -0.2) is 13.2 Å². The van der Waals surface area contributed by atoms with Gasteiger partial charge in [-0.25, -0.2) is 0 Å². The second-order valence-corrected chi connectivity index (χ2v) is 11.5. The summed E-state index contributed by atoms with van der Waals surface area (Å²) in [5.74, 6) is 5.87. The minimum atomic E-state index is 0.843. The predicted octanol–water partition coefficient (Wildman–Crippen LogP) is 10.00. The standard InChI is InChI=1S/C32H54O2/c1-3-5-6-10-28-17-19-30(20-18-28)12-8-26-34-32-23-21-31(22-24-32)33-25-7-11-29-15-13-27(9-4-2)14-16-29/h21-24,27-30H,3-20,25-26H2,1-2H3. The van der Waals surface area contributed by atoms with Crippen LogP contribution in [0.1, 0.15) is 129 Å². The molecule has 34 heavy (non-hydrogen) atoms. The van der Waals surface area contributed by atoms with Crippen LogP contribution in [0.25, 0.3) is 0 Å². The van der Waals surface area contributed by atoms with Gasteiger partial charge in [0.1, 0.15) is 11.5 Å². The zero-order valence-corrected chi connectivity index (χ0v) is 22.6. The Labute approximate surface area is 211 Å². The first-order valence-corrected chi connectivity index (χ1v) is 15.1. The Balaban J connectivity index is 1.19. The van der Waals surface area contributed by atoms with Gasteiger partial charge in [0, 0.05) is 0 Å². The Morgan fingerprint density at radius 3 is 1.26 bits per heavy atom. The number of rotatable bonds is 16. The molecule has 3 rings (SSSR count). The zero-order valence-electron chi connectivity index (χ0n) is 22.6. The smallest absolute Gasteiger partial charge is 0.119 e. The molecule has 0 saturated heterocycles. The topological polar surface area (TPSA) is 18.5 Å². The van der Waals surface area contributed by atoms with Crippen LogP contribution in [-0.2, 0) is 0 Å². The average Bonchev–Trinajstić information content (AvgIpc) is 2.87. The van der Waals surface area contributed by atoms with E-state index in [1.54, 1.807) is 0 Å². The Morgan fingerprint density at radius 2 is 0.882 bits per heavy atom. The van der Waals surface area contributed by atoms with Crippen molar-refractivity contribution < 1.29 is 9.47 Å². The maximum Gasteiger partial charge on any atom is 0.119 e. The van der Waals surface area contributed by atoms with Crippen molar-refractivity contribution in [2.45, 2.75) is 129 Å². The van der Waals surface area contributed by atoms with Gasteiger partial charge in [-0.3, -0.25) is 0 Å². The number of unbranched alkanes of at least 4 members (excludes halogenated alkanes) is 2. The highest BCUT2D eigenvalue weighted by Gasteiger charge is 2.21. The fourth-order valence-electron chi connectivity index (χ4n) is 6.47. The van der Waals surface area contributed by atoms with E-state index < -0.39 is 0 Å². The van der Waals surface area contributed by atoms with Crippen molar-refractivity contribution in [3.63, 3.8) is 0 Å². The third-order valence-electron chi connectivity index (χ3n) is 8.72. The van der Waals surface area contributed by atoms with Gasteiger partial charge in [0.2, 0.25) is 0 Å². The normalized spacial score (nSPS) is 25.2. The third-order valence-corrected chi connectivity index (χ3v) is 8.72. The predicted molar refractivity (Wildman–Crippen MR) is 146 cm³/mol. The van der Waals surface area contributed by atoms with Gasteiger partial charge in [-0.15, -0.1) is 0 Å². The summed E-state index contributed by atoms with van der Waals surface area (Å²) < 4.78 is 12.0. The summed E-state index contributed by atoms with van der Waals surface area (Å²) in [4.78, 5) is 0. The number of hydrogen-bond acceptors (Lipinski definition) is 2. The summed E-state index contributed by atoms with van der Waals surface area (Å²) in [6.45, 7) is 6.32. The molecule has 0 atom stereocenters. The van der Waals surface area contributed by atoms with Gasteiger partial charge in [0.05, 0.1) is 13.2 Å². The molecule has 0 unspecified atom stereocenters. The SMILES string of the molecule is CCCCCC1CCC(CCCOc2ccc(OCCCC3CCC(CCC)CC3)cc2)CC1. The Hall–Kier alpha value is -1.18. The van der Waals surface area contributed by atoms with Crippen LogP contribution in [0, 0.1) is 23.7 Å². The van der Waals surface area contributed by atoms with Crippen molar-refractivity contribution in [1.29, 1.82) is 0 Å². The highest BCUT2D eigenvalue weighted by Crippen LogP contribution is 2.35. The first-order valence-electron chi connectivity index (χ1n) is 15.1. The average molecular weight is 471 g/mol. The first-order chi connectivity index (χ1) is 16.8. The van der Waals surface area contributed by atoms with Crippen molar-refractivity contribution in [2.24, 2.45) is 23.7 Å². The number of ether oxygens (including phenoxy) is 2. The lowest BCUT2D eigenvalue weighted by molar-refractivity contribution is 0.227. The second-order valence-electron chi connectivity index (χ2n) is 11.5. The lowest BCUT2D eigenvalue weighted by atomic mass is 9.78. The quantitative estimate of drug-likeness (QED) is 0.224. The van der Waals surface area contributed by atoms with Crippen molar-refractivity contribution in [2.75, 3.05) is 13.2 Å². The molecule has 2 aliphatic carbocycles. The largest absolute Gasteiger partial charge is 0.494 e. The summed E-state index contributed by atoms with van der Waals surface area (Å²) in [5.41, 5.74) is 0. The highest BCUT2D eigenvalue weighted by molar-refractivity contribution is 5.31. The summed E-state index contributed by atoms with van der Waals surface area (Å²) in [7, 11) is 0. The molecule has 0 spiro atoms. The monoisotopic (exact) mass is 470 g/mol. The molecule has 1 aromatic rings. The van der Waals surface area contributed by atoms with Crippen LogP contribution >= 0.6 is 0 Å². The van der Waals surface area contributed by atoms with Gasteiger partial charge in [-0.1, -0.05) is 104 Å². The molecule has 0 amide bonds. The summed E-state index contributed by atoms with van der Waals surface area (Å²) in [6, 6.07) is 8.30. The molecule has 194 valence electrons. The lowest BCUT2D eigenvalue weighted by Crippen LogP contribution is -2.15. The van der Waals surface area contributed by atoms with E-state index in [9.17, 15) is 0 Å². The van der Waals surface area contributed by atoms with E-state index in [0.717, 1.165) is 48.4 Å². The maximum absolute atomic E-state index is 6.01. The van der Waals surface area contributed by atoms with Crippen molar-refractivity contribution in [3.8, 4) is 11.5 Å². The molecular weight excluding hydrogens is 416 g/mol. The van der Waals surface area contributed by atoms with E-state index in [4.69, 9.17) is 9.47 Å². The first kappa shape index (κ1) is 27.4. The van der Waals surface area contributed by atoms with Crippen LogP contribution in [0.4, 0.5) is 0 Å². The van der Waals surface area contributed by atoms with E-state index >= 15 is 0 Å². The van der Waals surface area contributed by atoms with Gasteiger partial charge >= 0.3 is 0 Å². The second kappa shape index (κ2) is 16.5. The van der Waals surface area contributed by atoms with Gasteiger partial charge in [0.25, 0.3) is 0 Å². The Kier molecular flexibility index (Phi) is 13.3. The van der Waals surface area contributed by atoms with Crippen molar-refractivity contribution >= 4 is 0 Å². The fraction of sp³-hybridized carbons (Fsp3) is 0.812. The molecule has 2 nitrogen and oxygen atoms in total. The molecule has 0 N–H and O–H groups in total.